The Morgan fingerprint density at radius 3 is 2.79 bits per heavy atom. The minimum Gasteiger partial charge on any atom is -0.343 e. The van der Waals surface area contributed by atoms with Gasteiger partial charge in [0, 0.05) is 12.7 Å². The first-order valence-electron chi connectivity index (χ1n) is 7.30. The van der Waals surface area contributed by atoms with E-state index in [0.29, 0.717) is 10.8 Å². The molecule has 3 aromatic rings. The quantitative estimate of drug-likeness (QED) is 0.610. The maximum atomic E-state index is 13.2. The summed E-state index contributed by atoms with van der Waals surface area (Å²) in [4.78, 5) is 6.59. The lowest BCUT2D eigenvalue weighted by Gasteiger charge is -2.26. The van der Waals surface area contributed by atoms with Crippen molar-refractivity contribution in [2.24, 2.45) is 0 Å². The summed E-state index contributed by atoms with van der Waals surface area (Å²) in [5.41, 5.74) is 1.64. The molecule has 0 saturated carbocycles. The molecule has 3 nitrogen and oxygen atoms in total. The highest BCUT2D eigenvalue weighted by atomic mass is 35.5. The first-order chi connectivity index (χ1) is 11.5. The second-order valence-corrected chi connectivity index (χ2v) is 7.22. The highest BCUT2D eigenvalue weighted by Gasteiger charge is 2.18. The number of nitrogens with zero attached hydrogens (tertiary/aromatic N) is 2. The Morgan fingerprint density at radius 1 is 1.33 bits per heavy atom. The normalized spacial score (nSPS) is 12.2. The predicted molar refractivity (Wildman–Crippen MR) is 103 cm³/mol. The number of nitrogens with one attached hydrogen (secondary N) is 1. The van der Waals surface area contributed by atoms with Crippen LogP contribution in [0.5, 0.6) is 0 Å². The largest absolute Gasteiger partial charge is 0.343 e. The van der Waals surface area contributed by atoms with Crippen LogP contribution in [0.1, 0.15) is 18.0 Å². The van der Waals surface area contributed by atoms with Gasteiger partial charge in [-0.3, -0.25) is 0 Å². The second kappa shape index (κ2) is 7.01. The summed E-state index contributed by atoms with van der Waals surface area (Å²) in [5, 5.41) is 4.64. The summed E-state index contributed by atoms with van der Waals surface area (Å²) >= 11 is 12.9. The highest BCUT2D eigenvalue weighted by molar-refractivity contribution is 7.80. The number of benzene rings is 2. The van der Waals surface area contributed by atoms with Gasteiger partial charge in [-0.1, -0.05) is 23.7 Å². The van der Waals surface area contributed by atoms with E-state index in [1.807, 2.05) is 37.1 Å². The molecule has 1 heterocycles. The van der Waals surface area contributed by atoms with Crippen LogP contribution in [0, 0.1) is 5.82 Å². The Kier molecular flexibility index (Phi) is 4.99. The van der Waals surface area contributed by atoms with Gasteiger partial charge in [0.25, 0.3) is 0 Å². The average molecular weight is 380 g/mol. The molecule has 7 heteroatoms. The van der Waals surface area contributed by atoms with Gasteiger partial charge in [0.2, 0.25) is 0 Å². The lowest BCUT2D eigenvalue weighted by molar-refractivity contribution is 0.407. The van der Waals surface area contributed by atoms with Crippen molar-refractivity contribution in [2.75, 3.05) is 12.4 Å². The molecule has 1 aromatic heterocycles. The Labute approximate surface area is 154 Å². The van der Waals surface area contributed by atoms with Crippen LogP contribution in [0.2, 0.25) is 5.02 Å². The lowest BCUT2D eigenvalue weighted by Crippen LogP contribution is -2.33. The number of hydrogen-bond acceptors (Lipinski definition) is 3. The fraction of sp³-hybridized carbons (Fsp3) is 0.176. The Morgan fingerprint density at radius 2 is 2.08 bits per heavy atom. The Hall–Kier alpha value is -1.76. The SMILES string of the molecule is C[C@H](c1nc2ccccc2s1)N(C)C(=S)Nc1ccc(F)c(Cl)c1. The summed E-state index contributed by atoms with van der Waals surface area (Å²) in [5.74, 6) is -0.454. The van der Waals surface area contributed by atoms with Crippen LogP contribution < -0.4 is 5.32 Å². The molecule has 3 rings (SSSR count). The van der Waals surface area contributed by atoms with Crippen LogP contribution in [-0.2, 0) is 0 Å². The number of hydrogen-bond donors (Lipinski definition) is 1. The van der Waals surface area contributed by atoms with Crippen LogP contribution in [0.15, 0.2) is 42.5 Å². The van der Waals surface area contributed by atoms with Crippen molar-refractivity contribution in [1.82, 2.24) is 9.88 Å². The summed E-state index contributed by atoms with van der Waals surface area (Å²) < 4.78 is 14.4. The number of thiazole rings is 1. The average Bonchev–Trinajstić information content (AvgIpc) is 3.01. The van der Waals surface area contributed by atoms with E-state index in [2.05, 4.69) is 16.4 Å². The van der Waals surface area contributed by atoms with Crippen LogP contribution >= 0.6 is 35.2 Å². The monoisotopic (exact) mass is 379 g/mol. The van der Waals surface area contributed by atoms with Gasteiger partial charge < -0.3 is 10.2 Å². The maximum absolute atomic E-state index is 13.2. The third-order valence-electron chi connectivity index (χ3n) is 3.74. The predicted octanol–water partition coefficient (Wildman–Crippen LogP) is 5.48. The van der Waals surface area contributed by atoms with Gasteiger partial charge in [-0.25, -0.2) is 9.37 Å². The first kappa shape index (κ1) is 17.1. The highest BCUT2D eigenvalue weighted by Crippen LogP contribution is 2.29. The van der Waals surface area contributed by atoms with Crippen molar-refractivity contribution < 1.29 is 4.39 Å². The molecule has 0 unspecified atom stereocenters. The van der Waals surface area contributed by atoms with E-state index in [4.69, 9.17) is 23.8 Å². The van der Waals surface area contributed by atoms with Gasteiger partial charge >= 0.3 is 0 Å². The van der Waals surface area contributed by atoms with Gasteiger partial charge in [-0.05, 0) is 49.5 Å². The van der Waals surface area contributed by atoms with Gasteiger partial charge in [0.15, 0.2) is 5.11 Å². The van der Waals surface area contributed by atoms with E-state index in [0.717, 1.165) is 15.2 Å². The molecule has 0 spiro atoms. The van der Waals surface area contributed by atoms with Gasteiger partial charge in [-0.15, -0.1) is 11.3 Å². The van der Waals surface area contributed by atoms with Crippen molar-refractivity contribution >= 4 is 56.2 Å². The molecule has 0 amide bonds. The van der Waals surface area contributed by atoms with Crippen molar-refractivity contribution in [3.63, 3.8) is 0 Å². The van der Waals surface area contributed by atoms with E-state index >= 15 is 0 Å². The van der Waals surface area contributed by atoms with Crippen molar-refractivity contribution in [2.45, 2.75) is 13.0 Å². The third kappa shape index (κ3) is 3.50. The molecule has 0 saturated heterocycles. The summed E-state index contributed by atoms with van der Waals surface area (Å²) in [7, 11) is 1.90. The standard InChI is InChI=1S/C17H15ClFN3S2/c1-10(16-21-14-5-3-4-6-15(14)24-16)22(2)17(23)20-11-7-8-13(19)12(18)9-11/h3-10H,1-2H3,(H,20,23)/t10-/m1/s1. The number of aromatic nitrogens is 1. The minimum atomic E-state index is -0.454. The van der Waals surface area contributed by atoms with Crippen molar-refractivity contribution in [3.05, 3.63) is 58.3 Å². The zero-order valence-electron chi connectivity index (χ0n) is 13.1. The minimum absolute atomic E-state index is 0.0123. The molecule has 1 atom stereocenters. The first-order valence-corrected chi connectivity index (χ1v) is 8.90. The smallest absolute Gasteiger partial charge is 0.173 e. The van der Waals surface area contributed by atoms with Crippen LogP contribution in [0.4, 0.5) is 10.1 Å². The summed E-state index contributed by atoms with van der Waals surface area (Å²) in [6, 6.07) is 12.5. The van der Waals surface area contributed by atoms with Crippen molar-refractivity contribution in [1.29, 1.82) is 0 Å². The van der Waals surface area contributed by atoms with E-state index in [1.165, 1.54) is 12.1 Å². The number of rotatable bonds is 3. The molecule has 0 radical (unpaired) electrons. The number of anilines is 1. The van der Waals surface area contributed by atoms with Gasteiger partial charge in [0.05, 0.1) is 21.3 Å². The van der Waals surface area contributed by atoms with Crippen LogP contribution in [0.3, 0.4) is 0 Å². The summed E-state index contributed by atoms with van der Waals surface area (Å²) in [6.07, 6.45) is 0. The molecule has 0 fully saturated rings. The number of fused-ring (bicyclic) bond motifs is 1. The number of halogens is 2. The molecule has 1 N–H and O–H groups in total. The van der Waals surface area contributed by atoms with E-state index in [1.54, 1.807) is 17.4 Å². The van der Waals surface area contributed by atoms with Crippen LogP contribution in [-0.4, -0.2) is 22.0 Å². The molecule has 0 aliphatic rings. The van der Waals surface area contributed by atoms with E-state index in [9.17, 15) is 4.39 Å². The number of para-hydroxylation sites is 1. The zero-order chi connectivity index (χ0) is 17.3. The fourth-order valence-corrected chi connectivity index (χ4v) is 3.72. The molecule has 0 aliphatic carbocycles. The topological polar surface area (TPSA) is 28.2 Å². The van der Waals surface area contributed by atoms with E-state index < -0.39 is 5.82 Å². The summed E-state index contributed by atoms with van der Waals surface area (Å²) in [6.45, 7) is 2.04. The van der Waals surface area contributed by atoms with Crippen molar-refractivity contribution in [3.8, 4) is 0 Å². The number of thiocarbonyl (C=S) groups is 1. The fourth-order valence-electron chi connectivity index (χ4n) is 2.20. The lowest BCUT2D eigenvalue weighted by atomic mass is 10.3. The second-order valence-electron chi connectivity index (χ2n) is 5.37. The molecule has 124 valence electrons. The Bertz CT molecular complexity index is 863. The molecule has 24 heavy (non-hydrogen) atoms. The zero-order valence-corrected chi connectivity index (χ0v) is 15.5. The van der Waals surface area contributed by atoms with Gasteiger partial charge in [0.1, 0.15) is 10.8 Å². The van der Waals surface area contributed by atoms with Gasteiger partial charge in [-0.2, -0.15) is 0 Å². The Balaban J connectivity index is 1.75. The maximum Gasteiger partial charge on any atom is 0.173 e. The van der Waals surface area contributed by atoms with Crippen LogP contribution in [0.25, 0.3) is 10.2 Å². The molecular weight excluding hydrogens is 365 g/mol. The molecular formula is C17H15ClFN3S2. The van der Waals surface area contributed by atoms with E-state index in [-0.39, 0.29) is 11.1 Å². The molecule has 2 aromatic carbocycles. The molecule has 0 aliphatic heterocycles. The third-order valence-corrected chi connectivity index (χ3v) is 5.63. The molecule has 0 bridgehead atoms.